The number of carboxylic acids is 1. The molecular weight excluding hydrogens is 575 g/mol. The van der Waals surface area contributed by atoms with Gasteiger partial charge in [0.2, 0.25) is 5.91 Å². The zero-order chi connectivity index (χ0) is 29.5. The maximum absolute atomic E-state index is 13.8. The molecule has 2 heterocycles. The molecule has 0 radical (unpaired) electrons. The van der Waals surface area contributed by atoms with Gasteiger partial charge in [-0.2, -0.15) is 0 Å². The molecule has 1 aromatic heterocycles. The molecule has 1 aliphatic heterocycles. The van der Waals surface area contributed by atoms with E-state index in [0.29, 0.717) is 27.6 Å². The van der Waals surface area contributed by atoms with E-state index in [-0.39, 0.29) is 36.7 Å². The van der Waals surface area contributed by atoms with E-state index in [0.717, 1.165) is 11.0 Å². The third-order valence-corrected chi connectivity index (χ3v) is 7.68. The van der Waals surface area contributed by atoms with Crippen LogP contribution in [0.4, 0.5) is 9.18 Å². The highest BCUT2D eigenvalue weighted by molar-refractivity contribution is 7.10. The number of aromatic carboxylic acids is 1. The van der Waals surface area contributed by atoms with Crippen molar-refractivity contribution in [3.8, 4) is 11.5 Å². The second-order valence-electron chi connectivity index (χ2n) is 9.20. The fraction of sp³-hybridized carbons (Fsp3) is 0.286. The molecule has 0 aliphatic carbocycles. The Morgan fingerprint density at radius 2 is 2.10 bits per heavy atom. The van der Waals surface area contributed by atoms with Gasteiger partial charge in [-0.25, -0.2) is 14.0 Å². The SMILES string of the molecule is CCC(NC(=O)N1C/C(=N/Oc2cccc(F)c2)NC[C@@H](Cc2cc(Cl)ccc2OC)C1=O)c1cc(C(=O)O)cs1. The van der Waals surface area contributed by atoms with Crippen molar-refractivity contribution in [1.82, 2.24) is 15.5 Å². The van der Waals surface area contributed by atoms with Crippen LogP contribution < -0.4 is 20.2 Å². The van der Waals surface area contributed by atoms with Gasteiger partial charge in [-0.3, -0.25) is 9.69 Å². The predicted molar refractivity (Wildman–Crippen MR) is 152 cm³/mol. The van der Waals surface area contributed by atoms with Crippen LogP contribution in [-0.4, -0.2) is 53.9 Å². The lowest BCUT2D eigenvalue weighted by molar-refractivity contribution is -0.131. The Morgan fingerprint density at radius 3 is 2.78 bits per heavy atom. The molecule has 1 aliphatic rings. The Labute approximate surface area is 244 Å². The van der Waals surface area contributed by atoms with Gasteiger partial charge in [-0.15, -0.1) is 11.3 Å². The van der Waals surface area contributed by atoms with E-state index in [1.54, 1.807) is 18.2 Å². The first-order valence-electron chi connectivity index (χ1n) is 12.7. The van der Waals surface area contributed by atoms with Crippen LogP contribution in [0, 0.1) is 11.7 Å². The van der Waals surface area contributed by atoms with Crippen molar-refractivity contribution in [1.29, 1.82) is 0 Å². The standard InChI is InChI=1S/C28H28ClFN4O6S/c1-3-22(24-11-18(15-41-24)27(36)37)32-28(38)34-14-25(33-40-21-6-4-5-20(30)12-21)31-13-17(26(34)35)9-16-10-19(29)7-8-23(16)39-2/h4-8,10-12,15,17,22H,3,9,13-14H2,1-2H3,(H,31,33)(H,32,38)(H,36,37)/t17-,22?/m1/s1. The van der Waals surface area contributed by atoms with E-state index >= 15 is 0 Å². The van der Waals surface area contributed by atoms with E-state index < -0.39 is 35.7 Å². The van der Waals surface area contributed by atoms with Crippen LogP contribution in [0.25, 0.3) is 0 Å². The molecule has 2 atom stereocenters. The van der Waals surface area contributed by atoms with Gasteiger partial charge in [0, 0.05) is 27.9 Å². The Hall–Kier alpha value is -4.16. The number of hydrogen-bond donors (Lipinski definition) is 3. The number of urea groups is 1. The fourth-order valence-electron chi connectivity index (χ4n) is 4.28. The number of carbonyl (C=O) groups is 3. The molecule has 3 aromatic rings. The number of oxime groups is 1. The number of amidine groups is 1. The quantitative estimate of drug-likeness (QED) is 0.291. The molecule has 10 nitrogen and oxygen atoms in total. The van der Waals surface area contributed by atoms with Crippen molar-refractivity contribution in [2.24, 2.45) is 11.1 Å². The third kappa shape index (κ3) is 7.53. The summed E-state index contributed by atoms with van der Waals surface area (Å²) in [6.45, 7) is 1.71. The number of nitrogens with zero attached hydrogens (tertiary/aromatic N) is 2. The molecule has 0 spiro atoms. The van der Waals surface area contributed by atoms with Gasteiger partial charge in [0.15, 0.2) is 11.6 Å². The number of thiophene rings is 1. The summed E-state index contributed by atoms with van der Waals surface area (Å²) in [5.74, 6) is -1.89. The van der Waals surface area contributed by atoms with Crippen molar-refractivity contribution in [2.75, 3.05) is 20.2 Å². The van der Waals surface area contributed by atoms with Gasteiger partial charge in [0.1, 0.15) is 11.6 Å². The lowest BCUT2D eigenvalue weighted by Gasteiger charge is -2.25. The number of methoxy groups -OCH3 is 1. The largest absolute Gasteiger partial charge is 0.496 e. The highest BCUT2D eigenvalue weighted by Gasteiger charge is 2.35. The monoisotopic (exact) mass is 602 g/mol. The minimum absolute atomic E-state index is 0.118. The average Bonchev–Trinajstić information content (AvgIpc) is 3.39. The number of nitrogens with one attached hydrogen (secondary N) is 2. The van der Waals surface area contributed by atoms with E-state index in [9.17, 15) is 23.9 Å². The number of halogens is 2. The fourth-order valence-corrected chi connectivity index (χ4v) is 5.49. The maximum Gasteiger partial charge on any atom is 0.336 e. The minimum atomic E-state index is -1.07. The van der Waals surface area contributed by atoms with Crippen LogP contribution in [0.5, 0.6) is 11.5 Å². The summed E-state index contributed by atoms with van der Waals surface area (Å²) in [5, 5.41) is 21.2. The van der Waals surface area contributed by atoms with Crippen LogP contribution in [0.2, 0.25) is 5.02 Å². The molecule has 4 rings (SSSR count). The zero-order valence-electron chi connectivity index (χ0n) is 22.2. The number of amides is 3. The molecule has 3 N–H and O–H groups in total. The number of ether oxygens (including phenoxy) is 1. The van der Waals surface area contributed by atoms with Crippen LogP contribution in [-0.2, 0) is 11.2 Å². The number of rotatable bonds is 9. The Kier molecular flexibility index (Phi) is 9.79. The molecule has 1 saturated heterocycles. The van der Waals surface area contributed by atoms with Crippen LogP contribution in [0.15, 0.2) is 59.1 Å². The van der Waals surface area contributed by atoms with E-state index in [1.165, 1.54) is 48.1 Å². The second-order valence-corrected chi connectivity index (χ2v) is 10.6. The Morgan fingerprint density at radius 1 is 1.29 bits per heavy atom. The summed E-state index contributed by atoms with van der Waals surface area (Å²) < 4.78 is 19.0. The van der Waals surface area contributed by atoms with Gasteiger partial charge in [-0.05, 0) is 54.8 Å². The molecule has 0 saturated carbocycles. The van der Waals surface area contributed by atoms with Gasteiger partial charge < -0.3 is 25.3 Å². The molecule has 216 valence electrons. The summed E-state index contributed by atoms with van der Waals surface area (Å²) in [7, 11) is 1.51. The number of hydrogen-bond acceptors (Lipinski definition) is 7. The first kappa shape index (κ1) is 29.8. The van der Waals surface area contributed by atoms with Crippen molar-refractivity contribution in [2.45, 2.75) is 25.8 Å². The summed E-state index contributed by atoms with van der Waals surface area (Å²) in [6, 6.07) is 10.8. The summed E-state index contributed by atoms with van der Waals surface area (Å²) >= 11 is 7.40. The van der Waals surface area contributed by atoms with Crippen molar-refractivity contribution >= 4 is 46.7 Å². The highest BCUT2D eigenvalue weighted by atomic mass is 35.5. The molecular formula is C28H28ClFN4O6S. The van der Waals surface area contributed by atoms with Gasteiger partial charge in [-0.1, -0.05) is 29.7 Å². The third-order valence-electron chi connectivity index (χ3n) is 6.40. The molecule has 0 bridgehead atoms. The molecule has 1 unspecified atom stereocenters. The number of benzene rings is 2. The first-order chi connectivity index (χ1) is 19.7. The maximum atomic E-state index is 13.8. The molecule has 2 aromatic carbocycles. The molecule has 3 amide bonds. The highest BCUT2D eigenvalue weighted by Crippen LogP contribution is 2.28. The Bertz CT molecular complexity index is 1460. The van der Waals surface area contributed by atoms with Crippen LogP contribution in [0.1, 0.15) is 40.2 Å². The van der Waals surface area contributed by atoms with Crippen molar-refractivity contribution in [3.63, 3.8) is 0 Å². The van der Waals surface area contributed by atoms with E-state index in [1.807, 2.05) is 6.92 Å². The summed E-state index contributed by atoms with van der Waals surface area (Å²) in [6.07, 6.45) is 0.667. The summed E-state index contributed by atoms with van der Waals surface area (Å²) in [5.41, 5.74) is 0.801. The minimum Gasteiger partial charge on any atom is -0.496 e. The molecule has 13 heteroatoms. The van der Waals surface area contributed by atoms with Gasteiger partial charge in [0.25, 0.3) is 0 Å². The normalized spacial score (nSPS) is 17.0. The molecule has 41 heavy (non-hydrogen) atoms. The lowest BCUT2D eigenvalue weighted by Crippen LogP contribution is -2.48. The average molecular weight is 603 g/mol. The lowest BCUT2D eigenvalue weighted by atomic mass is 9.97. The number of carbonyl (C=O) groups excluding carboxylic acids is 2. The smallest absolute Gasteiger partial charge is 0.336 e. The second kappa shape index (κ2) is 13.5. The first-order valence-corrected chi connectivity index (χ1v) is 13.9. The Balaban J connectivity index is 1.61. The number of carboxylic acid groups (broad SMARTS) is 1. The van der Waals surface area contributed by atoms with Crippen LogP contribution in [0.3, 0.4) is 0 Å². The van der Waals surface area contributed by atoms with E-state index in [4.69, 9.17) is 21.2 Å². The van der Waals surface area contributed by atoms with E-state index in [2.05, 4.69) is 15.8 Å². The predicted octanol–water partition coefficient (Wildman–Crippen LogP) is 5.09. The zero-order valence-corrected chi connectivity index (χ0v) is 23.8. The van der Waals surface area contributed by atoms with Gasteiger partial charge in [0.05, 0.1) is 31.2 Å². The van der Waals surface area contributed by atoms with Crippen molar-refractivity contribution in [3.05, 3.63) is 80.8 Å². The summed E-state index contributed by atoms with van der Waals surface area (Å²) in [4.78, 5) is 45.7. The molecule has 1 fully saturated rings. The topological polar surface area (TPSA) is 130 Å². The van der Waals surface area contributed by atoms with Crippen LogP contribution >= 0.6 is 22.9 Å². The number of imide groups is 1. The van der Waals surface area contributed by atoms with Gasteiger partial charge >= 0.3 is 12.0 Å². The van der Waals surface area contributed by atoms with Crippen molar-refractivity contribution < 1.29 is 33.5 Å².